The van der Waals surface area contributed by atoms with Gasteiger partial charge >= 0.3 is 106 Å². The molecule has 0 nitrogen and oxygen atoms in total. The summed E-state index contributed by atoms with van der Waals surface area (Å²) >= 11 is -1.33. The zero-order valence-electron chi connectivity index (χ0n) is 13.6. The fourth-order valence-electron chi connectivity index (χ4n) is 2.34. The second-order valence-electron chi connectivity index (χ2n) is 6.89. The molecule has 0 aromatic carbocycles. The van der Waals surface area contributed by atoms with Crippen molar-refractivity contribution in [2.75, 3.05) is 0 Å². The minimum atomic E-state index is -1.33. The molecule has 0 fully saturated rings. The molecule has 0 rings (SSSR count). The third-order valence-electron chi connectivity index (χ3n) is 3.56. The van der Waals surface area contributed by atoms with Crippen molar-refractivity contribution in [3.05, 3.63) is 5.25 Å². The Morgan fingerprint density at radius 1 is 0.611 bits per heavy atom. The molecule has 0 aliphatic carbocycles. The van der Waals surface area contributed by atoms with Crippen molar-refractivity contribution >= 4 is 13.3 Å². The molecule has 0 saturated carbocycles. The van der Waals surface area contributed by atoms with Gasteiger partial charge in [-0.3, -0.25) is 0 Å². The molecule has 0 aromatic heterocycles. The van der Waals surface area contributed by atoms with E-state index >= 15 is 0 Å². The van der Waals surface area contributed by atoms with Crippen molar-refractivity contribution < 1.29 is 0 Å². The van der Waals surface area contributed by atoms with Gasteiger partial charge < -0.3 is 0 Å². The minimum absolute atomic E-state index is 1.33. The summed E-state index contributed by atoms with van der Waals surface area (Å²) in [5, 5.41) is 2.66. The van der Waals surface area contributed by atoms with Crippen LogP contribution in [0.15, 0.2) is 0 Å². The quantitative estimate of drug-likeness (QED) is 0.260. The van der Waals surface area contributed by atoms with Gasteiger partial charge in [0.15, 0.2) is 0 Å². The van der Waals surface area contributed by atoms with E-state index in [0.717, 1.165) is 0 Å². The molecule has 0 N–H and O–H groups in total. The van der Waals surface area contributed by atoms with E-state index in [1.165, 1.54) is 77.0 Å². The van der Waals surface area contributed by atoms with Crippen molar-refractivity contribution in [2.24, 2.45) is 0 Å². The summed E-state index contributed by atoms with van der Waals surface area (Å²) in [5.41, 5.74) is 0. The van der Waals surface area contributed by atoms with Crippen molar-refractivity contribution in [2.45, 2.75) is 101 Å². The second-order valence-corrected chi connectivity index (χ2v) is 17.7. The Balaban J connectivity index is 2.99. The Labute approximate surface area is 120 Å². The first kappa shape index (κ1) is 18.5. The molecule has 18 heavy (non-hydrogen) atoms. The van der Waals surface area contributed by atoms with Crippen LogP contribution in [0, 0.1) is 5.25 Å². The molecule has 0 heterocycles. The molecule has 1 heteroatoms. The van der Waals surface area contributed by atoms with Crippen LogP contribution >= 0.6 is 0 Å². The van der Waals surface area contributed by atoms with Gasteiger partial charge in [-0.1, -0.05) is 13.3 Å². The Morgan fingerprint density at radius 3 is 1.39 bits per heavy atom. The van der Waals surface area contributed by atoms with E-state index in [1.54, 1.807) is 0 Å². The number of hydrogen-bond acceptors (Lipinski definition) is 0. The first-order chi connectivity index (χ1) is 8.56. The van der Waals surface area contributed by atoms with Crippen molar-refractivity contribution in [1.29, 1.82) is 0 Å². The van der Waals surface area contributed by atoms with Crippen LogP contribution in [0.1, 0.15) is 84.0 Å². The molecule has 0 unspecified atom stereocenters. The standard InChI is InChI=1S/C17H37Ge/c1-5-6-7-8-9-10-11-12-13-14-15-16-17-18(2,3)4/h17H,5-16H2,1-4H3. The zero-order valence-corrected chi connectivity index (χ0v) is 15.7. The molecule has 0 bridgehead atoms. The normalized spacial score (nSPS) is 12.0. The van der Waals surface area contributed by atoms with Gasteiger partial charge in [-0.2, -0.15) is 0 Å². The molecule has 0 amide bonds. The maximum atomic E-state index is 2.66. The van der Waals surface area contributed by atoms with Crippen LogP contribution < -0.4 is 0 Å². The van der Waals surface area contributed by atoms with Crippen molar-refractivity contribution in [1.82, 2.24) is 0 Å². The number of hydrogen-bond donors (Lipinski definition) is 0. The van der Waals surface area contributed by atoms with E-state index in [1.807, 2.05) is 0 Å². The third kappa shape index (κ3) is 16.5. The molecule has 0 atom stereocenters. The number of rotatable bonds is 13. The van der Waals surface area contributed by atoms with E-state index in [0.29, 0.717) is 0 Å². The summed E-state index contributed by atoms with van der Waals surface area (Å²) in [7, 11) is 0. The molecule has 0 aliphatic heterocycles. The summed E-state index contributed by atoms with van der Waals surface area (Å²) in [6.07, 6.45) is 17.4. The van der Waals surface area contributed by atoms with E-state index in [4.69, 9.17) is 0 Å². The monoisotopic (exact) mass is 315 g/mol. The summed E-state index contributed by atoms with van der Waals surface area (Å²) < 4.78 is 0. The summed E-state index contributed by atoms with van der Waals surface area (Å²) in [4.78, 5) is 0. The molecule has 0 spiro atoms. The van der Waals surface area contributed by atoms with Gasteiger partial charge in [-0.25, -0.2) is 0 Å². The van der Waals surface area contributed by atoms with Crippen molar-refractivity contribution in [3.63, 3.8) is 0 Å². The summed E-state index contributed by atoms with van der Waals surface area (Å²) in [6.45, 7) is 2.29. The van der Waals surface area contributed by atoms with Crippen LogP contribution in [0.4, 0.5) is 0 Å². The second kappa shape index (κ2) is 12.6. The average molecular weight is 314 g/mol. The number of unbranched alkanes of at least 4 members (excludes halogenated alkanes) is 11. The molecule has 0 saturated heterocycles. The van der Waals surface area contributed by atoms with Crippen LogP contribution in [0.5, 0.6) is 0 Å². The van der Waals surface area contributed by atoms with Gasteiger partial charge in [0.2, 0.25) is 0 Å². The van der Waals surface area contributed by atoms with E-state index < -0.39 is 13.3 Å². The topological polar surface area (TPSA) is 0 Å². The van der Waals surface area contributed by atoms with Crippen LogP contribution in [0.25, 0.3) is 0 Å². The summed E-state index contributed by atoms with van der Waals surface area (Å²) in [5.74, 6) is 7.45. The van der Waals surface area contributed by atoms with Gasteiger partial charge in [-0.05, 0) is 0 Å². The molecule has 1 radical (unpaired) electrons. The van der Waals surface area contributed by atoms with Crippen LogP contribution in [0.3, 0.4) is 0 Å². The molecule has 109 valence electrons. The molecular formula is C17H37Ge. The maximum absolute atomic E-state index is 2.66. The Morgan fingerprint density at radius 2 is 1.00 bits per heavy atom. The van der Waals surface area contributed by atoms with Gasteiger partial charge in [0, 0.05) is 0 Å². The van der Waals surface area contributed by atoms with Crippen molar-refractivity contribution in [3.8, 4) is 0 Å². The van der Waals surface area contributed by atoms with Crippen LogP contribution in [-0.2, 0) is 0 Å². The molecule has 0 aromatic rings. The third-order valence-corrected chi connectivity index (χ3v) is 6.74. The molecule has 0 aliphatic rings. The van der Waals surface area contributed by atoms with Gasteiger partial charge in [0.25, 0.3) is 0 Å². The first-order valence-electron chi connectivity index (χ1n) is 8.40. The average Bonchev–Trinajstić information content (AvgIpc) is 2.29. The Kier molecular flexibility index (Phi) is 12.9. The van der Waals surface area contributed by atoms with E-state index in [2.05, 4.69) is 29.4 Å². The molecular weight excluding hydrogens is 277 g/mol. The van der Waals surface area contributed by atoms with Gasteiger partial charge in [-0.15, -0.1) is 0 Å². The van der Waals surface area contributed by atoms with E-state index in [-0.39, 0.29) is 0 Å². The predicted octanol–water partition coefficient (Wildman–Crippen LogP) is 6.77. The van der Waals surface area contributed by atoms with Crippen LogP contribution in [0.2, 0.25) is 17.3 Å². The fraction of sp³-hybridized carbons (Fsp3) is 0.941. The van der Waals surface area contributed by atoms with Gasteiger partial charge in [0.1, 0.15) is 0 Å². The van der Waals surface area contributed by atoms with Crippen LogP contribution in [-0.4, -0.2) is 13.3 Å². The zero-order chi connectivity index (χ0) is 13.7. The van der Waals surface area contributed by atoms with Gasteiger partial charge in [0.05, 0.1) is 0 Å². The van der Waals surface area contributed by atoms with E-state index in [9.17, 15) is 0 Å². The Hall–Kier alpha value is 0.543. The summed E-state index contributed by atoms with van der Waals surface area (Å²) in [6, 6.07) is 0. The SMILES string of the molecule is CCCCCCCCCCCCC[CH][Ge]([CH3])([CH3])[CH3]. The fourth-order valence-corrected chi connectivity index (χ4v) is 4.59. The predicted molar refractivity (Wildman–Crippen MR) is 88.7 cm³/mol. The Bertz CT molecular complexity index is 157. The first-order valence-corrected chi connectivity index (χ1v) is 15.9.